The van der Waals surface area contributed by atoms with Crippen molar-refractivity contribution in [2.24, 2.45) is 5.92 Å². The van der Waals surface area contributed by atoms with E-state index in [1.807, 2.05) is 6.92 Å². The fourth-order valence-electron chi connectivity index (χ4n) is 3.47. The number of aryl methyl sites for hydroxylation is 1. The van der Waals surface area contributed by atoms with Crippen LogP contribution in [0, 0.1) is 12.8 Å². The summed E-state index contributed by atoms with van der Waals surface area (Å²) in [4.78, 5) is 19.1. The Morgan fingerprint density at radius 3 is 2.69 bits per heavy atom. The van der Waals surface area contributed by atoms with Crippen molar-refractivity contribution in [3.63, 3.8) is 0 Å². The van der Waals surface area contributed by atoms with Gasteiger partial charge < -0.3 is 18.9 Å². The Bertz CT molecular complexity index is 802. The SMILES string of the molecule is COc1ccc(C(=O)N2Cc3nnc(C)n3[C@@H](CC(C)C)C2)c(OC)n1. The van der Waals surface area contributed by atoms with E-state index in [9.17, 15) is 4.79 Å². The third kappa shape index (κ3) is 3.36. The molecular weight excluding hydrogens is 334 g/mol. The molecule has 0 fully saturated rings. The number of ether oxygens (including phenoxy) is 2. The fourth-order valence-corrected chi connectivity index (χ4v) is 3.47. The van der Waals surface area contributed by atoms with Gasteiger partial charge in [-0.25, -0.2) is 0 Å². The molecule has 2 aromatic heterocycles. The maximum absolute atomic E-state index is 13.1. The van der Waals surface area contributed by atoms with Crippen molar-refractivity contribution in [3.05, 3.63) is 29.3 Å². The van der Waals surface area contributed by atoms with Gasteiger partial charge in [-0.2, -0.15) is 4.98 Å². The van der Waals surface area contributed by atoms with Crippen LogP contribution in [0.25, 0.3) is 0 Å². The molecule has 140 valence electrons. The number of amides is 1. The molecule has 2 aromatic rings. The fraction of sp³-hybridized carbons (Fsp3) is 0.556. The minimum atomic E-state index is -0.127. The van der Waals surface area contributed by atoms with E-state index in [-0.39, 0.29) is 17.8 Å². The van der Waals surface area contributed by atoms with Crippen molar-refractivity contribution < 1.29 is 14.3 Å². The van der Waals surface area contributed by atoms with E-state index in [1.165, 1.54) is 14.2 Å². The highest BCUT2D eigenvalue weighted by molar-refractivity contribution is 5.96. The summed E-state index contributed by atoms with van der Waals surface area (Å²) in [6, 6.07) is 3.52. The van der Waals surface area contributed by atoms with Gasteiger partial charge in [-0.05, 0) is 25.3 Å². The molecule has 0 spiro atoms. The molecule has 0 N–H and O–H groups in total. The lowest BCUT2D eigenvalue weighted by atomic mass is 10.0. The number of aromatic nitrogens is 4. The van der Waals surface area contributed by atoms with Gasteiger partial charge >= 0.3 is 0 Å². The Balaban J connectivity index is 1.91. The summed E-state index contributed by atoms with van der Waals surface area (Å²) in [6.07, 6.45) is 0.952. The Labute approximate surface area is 153 Å². The number of hydrogen-bond donors (Lipinski definition) is 0. The number of pyridine rings is 1. The third-order valence-electron chi connectivity index (χ3n) is 4.56. The quantitative estimate of drug-likeness (QED) is 0.814. The summed E-state index contributed by atoms with van der Waals surface area (Å²) in [5.41, 5.74) is 0.418. The minimum Gasteiger partial charge on any atom is -0.481 e. The van der Waals surface area contributed by atoms with Crippen LogP contribution in [0.5, 0.6) is 11.8 Å². The van der Waals surface area contributed by atoms with Crippen molar-refractivity contribution in [1.82, 2.24) is 24.6 Å². The zero-order chi connectivity index (χ0) is 18.8. The minimum absolute atomic E-state index is 0.127. The highest BCUT2D eigenvalue weighted by Crippen LogP contribution is 2.29. The van der Waals surface area contributed by atoms with Gasteiger partial charge in [0.25, 0.3) is 5.91 Å². The number of carbonyl (C=O) groups is 1. The first kappa shape index (κ1) is 18.2. The summed E-state index contributed by atoms with van der Waals surface area (Å²) in [7, 11) is 3.02. The summed E-state index contributed by atoms with van der Waals surface area (Å²) < 4.78 is 12.6. The van der Waals surface area contributed by atoms with Crippen molar-refractivity contribution in [2.75, 3.05) is 20.8 Å². The van der Waals surface area contributed by atoms with Crippen molar-refractivity contribution >= 4 is 5.91 Å². The predicted molar refractivity (Wildman–Crippen MR) is 95.3 cm³/mol. The van der Waals surface area contributed by atoms with Gasteiger partial charge in [-0.15, -0.1) is 10.2 Å². The number of rotatable bonds is 5. The maximum Gasteiger partial charge on any atom is 0.259 e. The van der Waals surface area contributed by atoms with Gasteiger partial charge in [-0.1, -0.05) is 13.8 Å². The van der Waals surface area contributed by atoms with E-state index in [0.29, 0.717) is 30.5 Å². The molecule has 0 aromatic carbocycles. The molecule has 8 nitrogen and oxygen atoms in total. The van der Waals surface area contributed by atoms with Gasteiger partial charge in [0.2, 0.25) is 11.8 Å². The number of methoxy groups -OCH3 is 2. The lowest BCUT2D eigenvalue weighted by Crippen LogP contribution is -2.42. The van der Waals surface area contributed by atoms with Crippen LogP contribution in [0.4, 0.5) is 0 Å². The zero-order valence-electron chi connectivity index (χ0n) is 15.9. The van der Waals surface area contributed by atoms with Crippen molar-refractivity contribution in [3.8, 4) is 11.8 Å². The second-order valence-corrected chi connectivity index (χ2v) is 6.91. The monoisotopic (exact) mass is 359 g/mol. The summed E-state index contributed by atoms with van der Waals surface area (Å²) in [6.45, 7) is 7.34. The largest absolute Gasteiger partial charge is 0.481 e. The molecule has 0 saturated heterocycles. The summed E-state index contributed by atoms with van der Waals surface area (Å²) in [5, 5.41) is 8.46. The van der Waals surface area contributed by atoms with E-state index >= 15 is 0 Å². The molecule has 1 amide bonds. The van der Waals surface area contributed by atoms with E-state index in [4.69, 9.17) is 9.47 Å². The molecule has 0 saturated carbocycles. The van der Waals surface area contributed by atoms with E-state index in [1.54, 1.807) is 17.0 Å². The summed E-state index contributed by atoms with van der Waals surface area (Å²) >= 11 is 0. The third-order valence-corrected chi connectivity index (χ3v) is 4.56. The zero-order valence-corrected chi connectivity index (χ0v) is 15.9. The lowest BCUT2D eigenvalue weighted by molar-refractivity contribution is 0.0656. The first-order valence-corrected chi connectivity index (χ1v) is 8.73. The molecule has 1 atom stereocenters. The maximum atomic E-state index is 13.1. The van der Waals surface area contributed by atoms with Crippen LogP contribution < -0.4 is 9.47 Å². The van der Waals surface area contributed by atoms with Gasteiger partial charge in [-0.3, -0.25) is 4.79 Å². The molecule has 1 aliphatic rings. The van der Waals surface area contributed by atoms with Gasteiger partial charge in [0.05, 0.1) is 26.8 Å². The number of nitrogens with zero attached hydrogens (tertiary/aromatic N) is 5. The molecule has 0 aliphatic carbocycles. The Kier molecular flexibility index (Phi) is 5.11. The molecule has 26 heavy (non-hydrogen) atoms. The molecule has 3 heterocycles. The normalized spacial score (nSPS) is 16.5. The van der Waals surface area contributed by atoms with Crippen LogP contribution >= 0.6 is 0 Å². The van der Waals surface area contributed by atoms with Gasteiger partial charge in [0.15, 0.2) is 5.82 Å². The molecule has 3 rings (SSSR count). The summed E-state index contributed by atoms with van der Waals surface area (Å²) in [5.74, 6) is 2.75. The topological polar surface area (TPSA) is 82.4 Å². The molecule has 1 aliphatic heterocycles. The molecule has 8 heteroatoms. The average Bonchev–Trinajstić information content (AvgIpc) is 3.01. The van der Waals surface area contributed by atoms with Crippen LogP contribution in [0.1, 0.15) is 48.3 Å². The van der Waals surface area contributed by atoms with Crippen LogP contribution in [0.2, 0.25) is 0 Å². The second-order valence-electron chi connectivity index (χ2n) is 6.91. The Hall–Kier alpha value is -2.64. The average molecular weight is 359 g/mol. The van der Waals surface area contributed by atoms with Gasteiger partial charge in [0.1, 0.15) is 11.4 Å². The first-order chi connectivity index (χ1) is 12.4. The highest BCUT2D eigenvalue weighted by Gasteiger charge is 2.32. The standard InChI is InChI=1S/C18H25N5O3/c1-11(2)8-13-9-22(10-15-21-20-12(3)23(13)15)18(24)14-6-7-16(25-4)19-17(14)26-5/h6-7,11,13H,8-10H2,1-5H3/t13-/m0/s1. The molecule has 0 bridgehead atoms. The molecule has 0 radical (unpaired) electrons. The Morgan fingerprint density at radius 1 is 1.27 bits per heavy atom. The molecular formula is C18H25N5O3. The van der Waals surface area contributed by atoms with E-state index < -0.39 is 0 Å². The van der Waals surface area contributed by atoms with Crippen LogP contribution in [0.15, 0.2) is 12.1 Å². The molecule has 0 unspecified atom stereocenters. The van der Waals surface area contributed by atoms with Crippen LogP contribution in [-0.4, -0.2) is 51.3 Å². The van der Waals surface area contributed by atoms with Crippen molar-refractivity contribution in [2.45, 2.75) is 39.8 Å². The van der Waals surface area contributed by atoms with E-state index in [0.717, 1.165) is 18.1 Å². The van der Waals surface area contributed by atoms with Gasteiger partial charge in [0, 0.05) is 12.6 Å². The highest BCUT2D eigenvalue weighted by atomic mass is 16.5. The van der Waals surface area contributed by atoms with Crippen molar-refractivity contribution in [1.29, 1.82) is 0 Å². The number of hydrogen-bond acceptors (Lipinski definition) is 6. The number of fused-ring (bicyclic) bond motifs is 1. The number of carbonyl (C=O) groups excluding carboxylic acids is 1. The van der Waals surface area contributed by atoms with E-state index in [2.05, 4.69) is 33.6 Å². The second kappa shape index (κ2) is 7.31. The van der Waals surface area contributed by atoms with Crippen LogP contribution in [-0.2, 0) is 6.54 Å². The smallest absolute Gasteiger partial charge is 0.259 e. The lowest BCUT2D eigenvalue weighted by Gasteiger charge is -2.35. The first-order valence-electron chi connectivity index (χ1n) is 8.73. The van der Waals surface area contributed by atoms with Crippen LogP contribution in [0.3, 0.4) is 0 Å². The predicted octanol–water partition coefficient (Wildman–Crippen LogP) is 2.24. The Morgan fingerprint density at radius 2 is 2.04 bits per heavy atom.